The molecule has 9 heteroatoms. The van der Waals surface area contributed by atoms with Crippen molar-refractivity contribution in [2.45, 2.75) is 52.0 Å². The second-order valence-corrected chi connectivity index (χ2v) is 10.7. The van der Waals surface area contributed by atoms with Crippen molar-refractivity contribution in [3.63, 3.8) is 0 Å². The van der Waals surface area contributed by atoms with Gasteiger partial charge in [-0.2, -0.15) is 0 Å². The molecule has 0 bridgehead atoms. The molecule has 43 heavy (non-hydrogen) atoms. The minimum atomic E-state index is 0. The molecule has 1 aromatic carbocycles. The van der Waals surface area contributed by atoms with Gasteiger partial charge >= 0.3 is 17.1 Å². The topological polar surface area (TPSA) is 75.5 Å². The summed E-state index contributed by atoms with van der Waals surface area (Å²) in [4.78, 5) is 16.8. The first-order valence-corrected chi connectivity index (χ1v) is 15.4. The van der Waals surface area contributed by atoms with Crippen LogP contribution in [0.1, 0.15) is 51.1 Å². The molecule has 0 atom stereocenters. The van der Waals surface area contributed by atoms with Gasteiger partial charge in [-0.05, 0) is 89.3 Å². The molecule has 2 saturated carbocycles. The van der Waals surface area contributed by atoms with Crippen molar-refractivity contribution in [3.05, 3.63) is 99.4 Å². The van der Waals surface area contributed by atoms with Gasteiger partial charge in [-0.3, -0.25) is 14.4 Å². The molecule has 1 N–H and O–H groups in total. The standard InChI is InChI=1S/C21H28N3O2.C13H18N3.Fe/c1-26-20-11-5-4-10-19(20)24-16-14-23(15-17-24)13-7-6-12-22-21(25)18-8-2-3-9-18;1-2-3-4-7-10-16-11-13(14-15-16)12-8-5-6-9-12;/h2-5,8-11H,6-7,12-17H2,1H3,(H,22,25);5-6,8-9,11H,2-4,7,10H2,1H3;/q;;+2. The quantitative estimate of drug-likeness (QED) is 0.242. The van der Waals surface area contributed by atoms with Gasteiger partial charge in [0.2, 0.25) is 5.91 Å². The minimum absolute atomic E-state index is 0. The van der Waals surface area contributed by atoms with E-state index in [9.17, 15) is 4.79 Å². The van der Waals surface area contributed by atoms with E-state index in [0.29, 0.717) is 0 Å². The number of carbonyl (C=O) groups is 1. The van der Waals surface area contributed by atoms with Crippen LogP contribution in [0.25, 0.3) is 0 Å². The number of unbranched alkanes of at least 4 members (excludes halogenated alkanes) is 4. The fraction of sp³-hybridized carbons (Fsp3) is 0.441. The number of hydrogen-bond donors (Lipinski definition) is 1. The number of aromatic nitrogens is 3. The number of methoxy groups -OCH3 is 1. The Morgan fingerprint density at radius 3 is 2.30 bits per heavy atom. The number of ether oxygens (including phenoxy) is 1. The number of hydrogen-bond acceptors (Lipinski definition) is 6. The Morgan fingerprint density at radius 2 is 1.58 bits per heavy atom. The molecule has 230 valence electrons. The zero-order valence-electron chi connectivity index (χ0n) is 25.6. The summed E-state index contributed by atoms with van der Waals surface area (Å²) in [7, 11) is 1.73. The number of para-hydroxylation sites is 2. The Kier molecular flexibility index (Phi) is 16.5. The van der Waals surface area contributed by atoms with Crippen LogP contribution < -0.4 is 15.0 Å². The number of nitrogens with zero attached hydrogens (tertiary/aromatic N) is 5. The van der Waals surface area contributed by atoms with Crippen LogP contribution in [-0.4, -0.2) is 72.2 Å². The number of benzene rings is 1. The van der Waals surface area contributed by atoms with Crippen molar-refractivity contribution in [1.29, 1.82) is 0 Å². The van der Waals surface area contributed by atoms with Gasteiger partial charge in [0.05, 0.1) is 24.4 Å². The molecule has 1 aromatic heterocycles. The van der Waals surface area contributed by atoms with Crippen LogP contribution in [0.5, 0.6) is 5.75 Å². The van der Waals surface area contributed by atoms with Crippen LogP contribution >= 0.6 is 0 Å². The van der Waals surface area contributed by atoms with Crippen molar-refractivity contribution in [2.24, 2.45) is 0 Å². The van der Waals surface area contributed by atoms with E-state index >= 15 is 0 Å². The maximum absolute atomic E-state index is 11.9. The molecule has 0 unspecified atom stereocenters. The molecule has 2 aromatic rings. The van der Waals surface area contributed by atoms with E-state index in [1.54, 1.807) is 7.11 Å². The van der Waals surface area contributed by atoms with E-state index in [4.69, 9.17) is 4.74 Å². The van der Waals surface area contributed by atoms with E-state index in [-0.39, 0.29) is 23.0 Å². The minimum Gasteiger partial charge on any atom is -0.495 e. The predicted octanol–water partition coefficient (Wildman–Crippen LogP) is 4.73. The zero-order chi connectivity index (χ0) is 29.4. The predicted molar refractivity (Wildman–Crippen MR) is 168 cm³/mol. The fourth-order valence-electron chi connectivity index (χ4n) is 5.18. The number of rotatable bonds is 14. The summed E-state index contributed by atoms with van der Waals surface area (Å²) < 4.78 is 7.42. The van der Waals surface area contributed by atoms with Crippen molar-refractivity contribution in [1.82, 2.24) is 25.2 Å². The molecule has 1 saturated heterocycles. The maximum atomic E-state index is 11.9. The average molecular weight is 627 g/mol. The summed E-state index contributed by atoms with van der Waals surface area (Å²) in [6.07, 6.45) is 24.8. The number of amides is 1. The van der Waals surface area contributed by atoms with E-state index < -0.39 is 0 Å². The van der Waals surface area contributed by atoms with E-state index in [0.717, 1.165) is 81.9 Å². The van der Waals surface area contributed by atoms with Crippen molar-refractivity contribution in [3.8, 4) is 5.75 Å². The van der Waals surface area contributed by atoms with Crippen LogP contribution in [0.15, 0.2) is 30.5 Å². The van der Waals surface area contributed by atoms with E-state index in [1.807, 2.05) is 61.5 Å². The molecule has 1 aliphatic heterocycles. The molecule has 10 radical (unpaired) electrons. The molecule has 1 amide bonds. The summed E-state index contributed by atoms with van der Waals surface area (Å²) >= 11 is 0. The van der Waals surface area contributed by atoms with Crippen LogP contribution in [0, 0.1) is 63.2 Å². The van der Waals surface area contributed by atoms with Crippen LogP contribution in [-0.2, 0) is 28.4 Å². The second kappa shape index (κ2) is 20.0. The molecule has 2 aliphatic carbocycles. The summed E-state index contributed by atoms with van der Waals surface area (Å²) in [5, 5.41) is 11.3. The normalized spacial score (nSPS) is 17.8. The fourth-order valence-corrected chi connectivity index (χ4v) is 5.18. The first-order valence-electron chi connectivity index (χ1n) is 15.4. The summed E-state index contributed by atoms with van der Waals surface area (Å²) in [5.41, 5.74) is 2.16. The maximum Gasteiger partial charge on any atom is 2.00 e. The van der Waals surface area contributed by atoms with Gasteiger partial charge in [-0.15, -0.1) is 5.10 Å². The SMILES string of the molecule is CCCCCCn1cc([C]2[CH][CH][CH][CH]2)nn1.COc1ccccc1N1CCN(CCCCNC(=O)[C]2[CH][CH][CH][CH]2)CC1.[Fe+2]. The van der Waals surface area contributed by atoms with E-state index in [2.05, 4.69) is 57.3 Å². The number of nitrogens with one attached hydrogen (secondary N) is 1. The van der Waals surface area contributed by atoms with Gasteiger partial charge < -0.3 is 15.0 Å². The smallest absolute Gasteiger partial charge is 0.495 e. The molecule has 0 spiro atoms. The molecule has 2 heterocycles. The number of aryl methyl sites for hydroxylation is 1. The third-order valence-corrected chi connectivity index (χ3v) is 7.65. The first-order chi connectivity index (χ1) is 20.7. The molecular formula is C34H46FeN6O2+2. The van der Waals surface area contributed by atoms with Gasteiger partial charge in [-0.25, -0.2) is 0 Å². The Bertz CT molecular complexity index is 1030. The molecular weight excluding hydrogens is 580 g/mol. The molecule has 8 nitrogen and oxygen atoms in total. The van der Waals surface area contributed by atoms with E-state index in [1.165, 1.54) is 31.4 Å². The second-order valence-electron chi connectivity index (χ2n) is 10.7. The Morgan fingerprint density at radius 1 is 0.884 bits per heavy atom. The Balaban J connectivity index is 0.000000256. The molecule has 5 rings (SSSR count). The van der Waals surface area contributed by atoms with Crippen LogP contribution in [0.2, 0.25) is 0 Å². The summed E-state index contributed by atoms with van der Waals surface area (Å²) in [6.45, 7) is 9.21. The van der Waals surface area contributed by atoms with Crippen LogP contribution in [0.4, 0.5) is 5.69 Å². The van der Waals surface area contributed by atoms with Gasteiger partial charge in [0, 0.05) is 51.4 Å². The number of anilines is 1. The third kappa shape index (κ3) is 11.7. The largest absolute Gasteiger partial charge is 2.00 e. The average Bonchev–Trinajstić information content (AvgIpc) is 3.83. The van der Waals surface area contributed by atoms with Gasteiger partial charge in [0.25, 0.3) is 0 Å². The van der Waals surface area contributed by atoms with Crippen molar-refractivity contribution < 1.29 is 26.6 Å². The first kappa shape index (κ1) is 35.4. The Hall–Kier alpha value is -2.09. The van der Waals surface area contributed by atoms with Crippen LogP contribution in [0.3, 0.4) is 0 Å². The van der Waals surface area contributed by atoms with Crippen molar-refractivity contribution in [2.75, 3.05) is 51.3 Å². The third-order valence-electron chi connectivity index (χ3n) is 7.65. The molecule has 3 fully saturated rings. The van der Waals surface area contributed by atoms with Gasteiger partial charge in [0.15, 0.2) is 0 Å². The van der Waals surface area contributed by atoms with Gasteiger partial charge in [0.1, 0.15) is 5.75 Å². The molecule has 3 aliphatic rings. The number of carbonyl (C=O) groups excluding carboxylic acids is 1. The zero-order valence-corrected chi connectivity index (χ0v) is 26.7. The monoisotopic (exact) mass is 626 g/mol. The number of piperazine rings is 1. The Labute approximate surface area is 271 Å². The summed E-state index contributed by atoms with van der Waals surface area (Å²) in [6, 6.07) is 8.22. The van der Waals surface area contributed by atoms with Crippen molar-refractivity contribution >= 4 is 11.6 Å². The van der Waals surface area contributed by atoms with Gasteiger partial charge in [-0.1, -0.05) is 43.5 Å². The summed E-state index contributed by atoms with van der Waals surface area (Å²) in [5.74, 6) is 2.87.